The Bertz CT molecular complexity index is 776. The van der Waals surface area contributed by atoms with Crippen LogP contribution in [0.1, 0.15) is 57.3 Å². The molecule has 0 amide bonds. The van der Waals surface area contributed by atoms with Crippen LogP contribution in [0.3, 0.4) is 0 Å². The first-order valence-corrected chi connectivity index (χ1v) is 10.1. The number of rotatable bonds is 3. The molecule has 0 spiro atoms. The number of hydrogen-bond donors (Lipinski definition) is 3. The van der Waals surface area contributed by atoms with Crippen LogP contribution in [0.5, 0.6) is 5.75 Å². The maximum absolute atomic E-state index is 12.8. The molecular weight excluding hydrogens is 360 g/mol. The maximum Gasteiger partial charge on any atom is 0.338 e. The summed E-state index contributed by atoms with van der Waals surface area (Å²) in [6.07, 6.45) is 0.130. The molecule has 1 saturated heterocycles. The van der Waals surface area contributed by atoms with Crippen molar-refractivity contribution in [1.29, 1.82) is 0 Å². The molecule has 154 valence electrons. The Balaban J connectivity index is 1.70. The first-order valence-electron chi connectivity index (χ1n) is 10.1. The van der Waals surface area contributed by atoms with E-state index in [-0.39, 0.29) is 30.1 Å². The Hall–Kier alpha value is -1.63. The van der Waals surface area contributed by atoms with Crippen molar-refractivity contribution in [2.45, 2.75) is 76.5 Å². The van der Waals surface area contributed by atoms with Gasteiger partial charge in [-0.25, -0.2) is 4.79 Å². The monoisotopic (exact) mass is 390 g/mol. The largest absolute Gasteiger partial charge is 0.508 e. The summed E-state index contributed by atoms with van der Waals surface area (Å²) in [7, 11) is 0. The van der Waals surface area contributed by atoms with Gasteiger partial charge in [-0.05, 0) is 43.5 Å². The van der Waals surface area contributed by atoms with Crippen molar-refractivity contribution in [2.24, 2.45) is 17.3 Å². The number of aromatic hydroxyl groups is 1. The van der Waals surface area contributed by atoms with Crippen molar-refractivity contribution in [1.82, 2.24) is 0 Å². The van der Waals surface area contributed by atoms with E-state index in [9.17, 15) is 20.1 Å². The number of epoxide rings is 1. The molecule has 1 aromatic rings. The number of hydrogen-bond acceptors (Lipinski definition) is 6. The van der Waals surface area contributed by atoms with Crippen molar-refractivity contribution in [3.8, 4) is 5.75 Å². The molecule has 28 heavy (non-hydrogen) atoms. The molecule has 6 nitrogen and oxygen atoms in total. The number of benzene rings is 1. The molecule has 0 bridgehead atoms. The van der Waals surface area contributed by atoms with E-state index >= 15 is 0 Å². The van der Waals surface area contributed by atoms with Gasteiger partial charge < -0.3 is 24.8 Å². The summed E-state index contributed by atoms with van der Waals surface area (Å²) in [5.74, 6) is -0.896. The zero-order valence-electron chi connectivity index (χ0n) is 16.9. The van der Waals surface area contributed by atoms with Crippen molar-refractivity contribution >= 4 is 5.97 Å². The van der Waals surface area contributed by atoms with E-state index in [1.54, 1.807) is 0 Å². The molecule has 2 saturated carbocycles. The maximum atomic E-state index is 12.8. The molecule has 6 heteroatoms. The van der Waals surface area contributed by atoms with Gasteiger partial charge in [0.25, 0.3) is 0 Å². The van der Waals surface area contributed by atoms with Crippen LogP contribution in [-0.4, -0.2) is 50.8 Å². The van der Waals surface area contributed by atoms with Crippen LogP contribution in [-0.2, 0) is 9.47 Å². The second-order valence-corrected chi connectivity index (χ2v) is 9.67. The Morgan fingerprint density at radius 2 is 1.82 bits per heavy atom. The lowest BCUT2D eigenvalue weighted by molar-refractivity contribution is -0.122. The number of carbonyl (C=O) groups is 1. The minimum Gasteiger partial charge on any atom is -0.508 e. The Morgan fingerprint density at radius 3 is 2.43 bits per heavy atom. The van der Waals surface area contributed by atoms with Gasteiger partial charge in [0.15, 0.2) is 0 Å². The van der Waals surface area contributed by atoms with Gasteiger partial charge in [-0.1, -0.05) is 20.8 Å². The minimum atomic E-state index is -1.12. The van der Waals surface area contributed by atoms with E-state index in [1.807, 2.05) is 27.7 Å². The Kier molecular flexibility index (Phi) is 4.34. The van der Waals surface area contributed by atoms with Gasteiger partial charge in [0.2, 0.25) is 0 Å². The normalized spacial score (nSPS) is 44.5. The average Bonchev–Trinajstić information content (AvgIpc) is 3.17. The quantitative estimate of drug-likeness (QED) is 0.542. The van der Waals surface area contributed by atoms with Gasteiger partial charge in [0, 0.05) is 24.2 Å². The standard InChI is InChI=1S/C22H30O6/c1-12(2)22(26)10-16(24)20(3)11-17-21(4,28-17)9-15(18(20)22)27-19(25)13-5-7-14(23)8-6-13/h5-8,12,15-18,23-24,26H,9-11H2,1-4H3. The highest BCUT2D eigenvalue weighted by Crippen LogP contribution is 2.63. The topological polar surface area (TPSA) is 99.5 Å². The van der Waals surface area contributed by atoms with E-state index in [0.29, 0.717) is 18.4 Å². The Morgan fingerprint density at radius 1 is 1.18 bits per heavy atom. The summed E-state index contributed by atoms with van der Waals surface area (Å²) in [5, 5.41) is 32.0. The molecule has 3 N–H and O–H groups in total. The van der Waals surface area contributed by atoms with Crippen molar-refractivity contribution in [2.75, 3.05) is 0 Å². The lowest BCUT2D eigenvalue weighted by Crippen LogP contribution is -2.51. The molecule has 4 rings (SSSR count). The van der Waals surface area contributed by atoms with Crippen LogP contribution in [0.2, 0.25) is 0 Å². The van der Waals surface area contributed by atoms with E-state index in [0.717, 1.165) is 0 Å². The molecule has 3 fully saturated rings. The Labute approximate surface area is 165 Å². The van der Waals surface area contributed by atoms with Gasteiger partial charge >= 0.3 is 5.97 Å². The summed E-state index contributed by atoms with van der Waals surface area (Å²) in [6.45, 7) is 7.88. The van der Waals surface area contributed by atoms with Crippen molar-refractivity contribution in [3.63, 3.8) is 0 Å². The number of ether oxygens (including phenoxy) is 2. The number of phenolic OH excluding ortho intramolecular Hbond substituents is 1. The van der Waals surface area contributed by atoms with Gasteiger partial charge in [0.1, 0.15) is 11.9 Å². The number of fused-ring (bicyclic) bond motifs is 2. The van der Waals surface area contributed by atoms with Gasteiger partial charge in [0.05, 0.1) is 29.0 Å². The van der Waals surface area contributed by atoms with E-state index < -0.39 is 34.8 Å². The molecule has 7 atom stereocenters. The van der Waals surface area contributed by atoms with E-state index in [1.165, 1.54) is 24.3 Å². The predicted octanol–water partition coefficient (Wildman–Crippen LogP) is 2.64. The number of aliphatic hydroxyl groups excluding tert-OH is 1. The molecule has 1 heterocycles. The third kappa shape index (κ3) is 2.85. The highest BCUT2D eigenvalue weighted by molar-refractivity contribution is 5.89. The number of aliphatic hydroxyl groups is 2. The third-order valence-corrected chi connectivity index (χ3v) is 7.53. The second-order valence-electron chi connectivity index (χ2n) is 9.67. The first-order chi connectivity index (χ1) is 13.0. The van der Waals surface area contributed by atoms with Crippen LogP contribution >= 0.6 is 0 Å². The van der Waals surface area contributed by atoms with Gasteiger partial charge in [-0.3, -0.25) is 0 Å². The summed E-state index contributed by atoms with van der Waals surface area (Å²) in [4.78, 5) is 12.8. The highest BCUT2D eigenvalue weighted by atomic mass is 16.6. The summed E-state index contributed by atoms with van der Waals surface area (Å²) in [5.41, 5.74) is -1.78. The summed E-state index contributed by atoms with van der Waals surface area (Å²) in [6, 6.07) is 5.92. The lowest BCUT2D eigenvalue weighted by atomic mass is 9.67. The van der Waals surface area contributed by atoms with Crippen LogP contribution < -0.4 is 0 Å². The number of esters is 1. The number of carbonyl (C=O) groups excluding carboxylic acids is 1. The van der Waals surface area contributed by atoms with E-state index in [4.69, 9.17) is 9.47 Å². The molecule has 1 aliphatic heterocycles. The zero-order chi connectivity index (χ0) is 20.5. The molecule has 3 aliphatic rings. The number of phenols is 1. The van der Waals surface area contributed by atoms with Crippen molar-refractivity contribution in [3.05, 3.63) is 29.8 Å². The zero-order valence-corrected chi connectivity index (χ0v) is 16.9. The first kappa shape index (κ1) is 19.7. The van der Waals surface area contributed by atoms with E-state index in [2.05, 4.69) is 0 Å². The van der Waals surface area contributed by atoms with Crippen LogP contribution in [0.4, 0.5) is 0 Å². The molecule has 0 radical (unpaired) electrons. The lowest BCUT2D eigenvalue weighted by Gasteiger charge is -2.44. The van der Waals surface area contributed by atoms with Crippen LogP contribution in [0, 0.1) is 17.3 Å². The van der Waals surface area contributed by atoms with Crippen LogP contribution in [0.15, 0.2) is 24.3 Å². The molecule has 1 aromatic carbocycles. The minimum absolute atomic E-state index is 0.00142. The molecule has 7 unspecified atom stereocenters. The average molecular weight is 390 g/mol. The fourth-order valence-corrected chi connectivity index (χ4v) is 5.61. The molecular formula is C22H30O6. The predicted molar refractivity (Wildman–Crippen MR) is 102 cm³/mol. The second kappa shape index (κ2) is 6.18. The third-order valence-electron chi connectivity index (χ3n) is 7.53. The summed E-state index contributed by atoms with van der Waals surface area (Å²) >= 11 is 0. The smallest absolute Gasteiger partial charge is 0.338 e. The van der Waals surface area contributed by atoms with Gasteiger partial charge in [-0.2, -0.15) is 0 Å². The fourth-order valence-electron chi connectivity index (χ4n) is 5.61. The van der Waals surface area contributed by atoms with Crippen LogP contribution in [0.25, 0.3) is 0 Å². The fraction of sp³-hybridized carbons (Fsp3) is 0.682. The SMILES string of the molecule is CC(C)C1(O)CC(O)C2(C)CC3OC3(C)CC(OC(=O)c3ccc(O)cc3)C21. The molecule has 0 aromatic heterocycles. The summed E-state index contributed by atoms with van der Waals surface area (Å²) < 4.78 is 11.9. The van der Waals surface area contributed by atoms with Gasteiger partial charge in [-0.15, -0.1) is 0 Å². The molecule has 2 aliphatic carbocycles. The highest BCUT2D eigenvalue weighted by Gasteiger charge is 2.70. The van der Waals surface area contributed by atoms with Crippen molar-refractivity contribution < 1.29 is 29.6 Å².